The number of rotatable bonds is 3. The average Bonchev–Trinajstić information content (AvgIpc) is 2.82. The Morgan fingerprint density at radius 2 is 2.31 bits per heavy atom. The summed E-state index contributed by atoms with van der Waals surface area (Å²) in [5.74, 6) is 7.86. The monoisotopic (exact) mass is 178 g/mol. The molecule has 3 atom stereocenters. The highest BCUT2D eigenvalue weighted by molar-refractivity contribution is 5.17. The first-order valence-electron chi connectivity index (χ1n) is 5.07. The van der Waals surface area contributed by atoms with E-state index in [4.69, 9.17) is 5.11 Å². The number of hydrogen-bond donors (Lipinski definition) is 1. The van der Waals surface area contributed by atoms with Gasteiger partial charge in [0, 0.05) is 6.42 Å². The molecule has 0 aliphatic heterocycles. The van der Waals surface area contributed by atoms with Crippen LogP contribution in [0.1, 0.15) is 33.1 Å². The summed E-state index contributed by atoms with van der Waals surface area (Å²) in [6, 6.07) is 0. The van der Waals surface area contributed by atoms with Crippen molar-refractivity contribution in [1.82, 2.24) is 0 Å². The second-order valence-corrected chi connectivity index (χ2v) is 3.79. The molecule has 0 radical (unpaired) electrons. The highest BCUT2D eigenvalue weighted by atomic mass is 16.3. The maximum absolute atomic E-state index is 8.90. The Morgan fingerprint density at radius 3 is 2.85 bits per heavy atom. The Kier molecular flexibility index (Phi) is 4.05. The molecular formula is C12H18O. The van der Waals surface area contributed by atoms with Crippen molar-refractivity contribution in [2.75, 3.05) is 0 Å². The van der Waals surface area contributed by atoms with Crippen LogP contribution in [-0.4, -0.2) is 11.2 Å². The van der Waals surface area contributed by atoms with E-state index in [1.807, 2.05) is 0 Å². The molecule has 1 fully saturated rings. The van der Waals surface area contributed by atoms with E-state index in [2.05, 4.69) is 18.8 Å². The van der Waals surface area contributed by atoms with E-state index in [1.54, 1.807) is 19.1 Å². The molecule has 0 saturated heterocycles. The summed E-state index contributed by atoms with van der Waals surface area (Å²) < 4.78 is 0. The van der Waals surface area contributed by atoms with Crippen LogP contribution in [0.4, 0.5) is 0 Å². The highest BCUT2D eigenvalue weighted by Crippen LogP contribution is 2.43. The largest absolute Gasteiger partial charge is 0.389 e. The Balaban J connectivity index is 2.12. The first-order chi connectivity index (χ1) is 6.24. The van der Waals surface area contributed by atoms with Crippen LogP contribution in [0.3, 0.4) is 0 Å². The van der Waals surface area contributed by atoms with E-state index in [1.165, 1.54) is 12.8 Å². The van der Waals surface area contributed by atoms with Crippen LogP contribution >= 0.6 is 0 Å². The van der Waals surface area contributed by atoms with Crippen molar-refractivity contribution in [3.63, 3.8) is 0 Å². The molecule has 3 unspecified atom stereocenters. The fourth-order valence-corrected chi connectivity index (χ4v) is 1.50. The summed E-state index contributed by atoms with van der Waals surface area (Å²) in [6.07, 6.45) is 6.77. The maximum Gasteiger partial charge on any atom is 0.0701 e. The highest BCUT2D eigenvalue weighted by Gasteiger charge is 2.33. The summed E-state index contributed by atoms with van der Waals surface area (Å²) in [5, 5.41) is 8.90. The topological polar surface area (TPSA) is 20.2 Å². The molecule has 0 bridgehead atoms. The van der Waals surface area contributed by atoms with Crippen molar-refractivity contribution in [3.8, 4) is 11.8 Å². The zero-order valence-corrected chi connectivity index (χ0v) is 8.46. The van der Waals surface area contributed by atoms with Crippen molar-refractivity contribution in [3.05, 3.63) is 12.2 Å². The van der Waals surface area contributed by atoms with Crippen LogP contribution in [0, 0.1) is 23.7 Å². The Labute approximate surface area is 80.9 Å². The standard InChI is InChI=1S/C12H18O/c1-3-11-9-12(11)8-6-4-5-7-10(2)13/h5,7,10-13H,3,8-9H2,1-2H3/b7-5+. The average molecular weight is 178 g/mol. The molecule has 1 rings (SSSR count). The van der Waals surface area contributed by atoms with Crippen molar-refractivity contribution in [2.45, 2.75) is 39.2 Å². The number of allylic oxidation sites excluding steroid dienone is 1. The van der Waals surface area contributed by atoms with Crippen LogP contribution in [0.2, 0.25) is 0 Å². The van der Waals surface area contributed by atoms with Crippen molar-refractivity contribution >= 4 is 0 Å². The van der Waals surface area contributed by atoms with Crippen LogP contribution in [0.5, 0.6) is 0 Å². The van der Waals surface area contributed by atoms with Gasteiger partial charge in [-0.25, -0.2) is 0 Å². The van der Waals surface area contributed by atoms with E-state index < -0.39 is 0 Å². The van der Waals surface area contributed by atoms with Gasteiger partial charge in [0.05, 0.1) is 6.10 Å². The van der Waals surface area contributed by atoms with Crippen LogP contribution < -0.4 is 0 Å². The Morgan fingerprint density at radius 1 is 1.54 bits per heavy atom. The second-order valence-electron chi connectivity index (χ2n) is 3.79. The lowest BCUT2D eigenvalue weighted by Gasteiger charge is -1.88. The molecule has 0 heterocycles. The van der Waals surface area contributed by atoms with Gasteiger partial charge in [0.1, 0.15) is 0 Å². The van der Waals surface area contributed by atoms with Crippen LogP contribution in [0.15, 0.2) is 12.2 Å². The van der Waals surface area contributed by atoms with E-state index >= 15 is 0 Å². The fourth-order valence-electron chi connectivity index (χ4n) is 1.50. The lowest BCUT2D eigenvalue weighted by atomic mass is 10.2. The summed E-state index contributed by atoms with van der Waals surface area (Å²) in [7, 11) is 0. The van der Waals surface area contributed by atoms with Crippen molar-refractivity contribution in [1.29, 1.82) is 0 Å². The molecule has 13 heavy (non-hydrogen) atoms. The smallest absolute Gasteiger partial charge is 0.0701 e. The van der Waals surface area contributed by atoms with Gasteiger partial charge in [0.2, 0.25) is 0 Å². The molecule has 1 aliphatic rings. The SMILES string of the molecule is CCC1CC1CC#C/C=C/C(C)O. The third kappa shape index (κ3) is 4.15. The first kappa shape index (κ1) is 10.3. The van der Waals surface area contributed by atoms with Gasteiger partial charge in [-0.3, -0.25) is 0 Å². The zero-order chi connectivity index (χ0) is 9.68. The first-order valence-corrected chi connectivity index (χ1v) is 5.07. The molecule has 0 spiro atoms. The minimum Gasteiger partial charge on any atom is -0.389 e. The molecule has 0 aromatic rings. The van der Waals surface area contributed by atoms with Gasteiger partial charge in [-0.1, -0.05) is 25.2 Å². The van der Waals surface area contributed by atoms with Gasteiger partial charge in [0.25, 0.3) is 0 Å². The number of aliphatic hydroxyl groups excluding tert-OH is 1. The normalized spacial score (nSPS) is 28.2. The van der Waals surface area contributed by atoms with E-state index in [9.17, 15) is 0 Å². The molecule has 1 aliphatic carbocycles. The van der Waals surface area contributed by atoms with E-state index in [0.29, 0.717) is 0 Å². The molecule has 0 aromatic heterocycles. The lowest BCUT2D eigenvalue weighted by molar-refractivity contribution is 0.244. The maximum atomic E-state index is 8.90. The lowest BCUT2D eigenvalue weighted by Crippen LogP contribution is -1.90. The molecule has 1 nitrogen and oxygen atoms in total. The third-order valence-corrected chi connectivity index (χ3v) is 2.52. The van der Waals surface area contributed by atoms with Crippen LogP contribution in [-0.2, 0) is 0 Å². The Hall–Kier alpha value is -0.740. The van der Waals surface area contributed by atoms with Gasteiger partial charge >= 0.3 is 0 Å². The molecule has 1 saturated carbocycles. The zero-order valence-electron chi connectivity index (χ0n) is 8.46. The van der Waals surface area contributed by atoms with Crippen molar-refractivity contribution < 1.29 is 5.11 Å². The minimum absolute atomic E-state index is 0.376. The van der Waals surface area contributed by atoms with Gasteiger partial charge in [-0.05, 0) is 37.3 Å². The molecule has 72 valence electrons. The van der Waals surface area contributed by atoms with E-state index in [-0.39, 0.29) is 6.10 Å². The minimum atomic E-state index is -0.376. The summed E-state index contributed by atoms with van der Waals surface area (Å²) in [5.41, 5.74) is 0. The van der Waals surface area contributed by atoms with Gasteiger partial charge in [-0.2, -0.15) is 0 Å². The fraction of sp³-hybridized carbons (Fsp3) is 0.667. The summed E-state index contributed by atoms with van der Waals surface area (Å²) >= 11 is 0. The molecule has 0 aromatic carbocycles. The van der Waals surface area contributed by atoms with E-state index in [0.717, 1.165) is 18.3 Å². The molecule has 0 amide bonds. The van der Waals surface area contributed by atoms with Gasteiger partial charge in [0.15, 0.2) is 0 Å². The summed E-state index contributed by atoms with van der Waals surface area (Å²) in [6.45, 7) is 3.97. The predicted molar refractivity (Wildman–Crippen MR) is 55.1 cm³/mol. The second kappa shape index (κ2) is 5.09. The van der Waals surface area contributed by atoms with Crippen LogP contribution in [0.25, 0.3) is 0 Å². The quantitative estimate of drug-likeness (QED) is 0.658. The molecule has 1 heteroatoms. The third-order valence-electron chi connectivity index (χ3n) is 2.52. The van der Waals surface area contributed by atoms with Gasteiger partial charge < -0.3 is 5.11 Å². The number of aliphatic hydroxyl groups is 1. The Bertz CT molecular complexity index is 229. The van der Waals surface area contributed by atoms with Gasteiger partial charge in [-0.15, -0.1) is 0 Å². The summed E-state index contributed by atoms with van der Waals surface area (Å²) in [4.78, 5) is 0. The molecule has 1 N–H and O–H groups in total. The predicted octanol–water partition coefficient (Wildman–Crippen LogP) is 2.36. The van der Waals surface area contributed by atoms with Crippen molar-refractivity contribution in [2.24, 2.45) is 11.8 Å². The number of hydrogen-bond acceptors (Lipinski definition) is 1. The molecular weight excluding hydrogens is 160 g/mol.